The van der Waals surface area contributed by atoms with Crippen LogP contribution in [0.5, 0.6) is 5.75 Å². The van der Waals surface area contributed by atoms with Gasteiger partial charge in [-0.15, -0.1) is 0 Å². The van der Waals surface area contributed by atoms with Crippen molar-refractivity contribution >= 4 is 17.4 Å². The molecule has 2 fully saturated rings. The first-order chi connectivity index (χ1) is 16.5. The fraction of sp³-hybridized carbons (Fsp3) is 0.500. The van der Waals surface area contributed by atoms with Crippen LogP contribution in [0.25, 0.3) is 5.65 Å². The Hall–Kier alpha value is -3.13. The number of nitrogens with zero attached hydrogens (tertiary/aromatic N) is 5. The number of benzene rings is 1. The van der Waals surface area contributed by atoms with Gasteiger partial charge < -0.3 is 19.9 Å². The van der Waals surface area contributed by atoms with Gasteiger partial charge in [-0.05, 0) is 49.1 Å². The lowest BCUT2D eigenvalue weighted by Crippen LogP contribution is -2.55. The number of hydrogen-bond acceptors (Lipinski definition) is 6. The summed E-state index contributed by atoms with van der Waals surface area (Å²) in [4.78, 5) is 22.0. The molecule has 34 heavy (non-hydrogen) atoms. The Labute approximate surface area is 199 Å². The monoisotopic (exact) mass is 460 g/mol. The third-order valence-electron chi connectivity index (χ3n) is 7.30. The third kappa shape index (κ3) is 3.90. The summed E-state index contributed by atoms with van der Waals surface area (Å²) in [6, 6.07) is 9.60. The Balaban J connectivity index is 1.12. The summed E-state index contributed by atoms with van der Waals surface area (Å²) in [5.74, 6) is 2.08. The zero-order chi connectivity index (χ0) is 23.3. The van der Waals surface area contributed by atoms with E-state index in [-0.39, 0.29) is 17.4 Å². The molecule has 3 aliphatic heterocycles. The van der Waals surface area contributed by atoms with Crippen molar-refractivity contribution in [1.82, 2.24) is 24.8 Å². The van der Waals surface area contributed by atoms with Crippen LogP contribution >= 0.6 is 0 Å². The van der Waals surface area contributed by atoms with Crippen molar-refractivity contribution in [3.05, 3.63) is 53.3 Å². The number of fused-ring (bicyclic) bond motifs is 2. The lowest BCUT2D eigenvalue weighted by atomic mass is 9.93. The van der Waals surface area contributed by atoms with Gasteiger partial charge in [0.25, 0.3) is 5.91 Å². The van der Waals surface area contributed by atoms with E-state index in [1.165, 1.54) is 11.3 Å². The molecule has 178 valence electrons. The van der Waals surface area contributed by atoms with E-state index in [0.717, 1.165) is 81.3 Å². The highest BCUT2D eigenvalue weighted by atomic mass is 16.5. The van der Waals surface area contributed by atoms with Crippen molar-refractivity contribution in [3.8, 4) is 5.75 Å². The summed E-state index contributed by atoms with van der Waals surface area (Å²) in [6.45, 7) is 9.63. The predicted molar refractivity (Wildman–Crippen MR) is 131 cm³/mol. The van der Waals surface area contributed by atoms with Crippen LogP contribution in [-0.2, 0) is 12.8 Å². The van der Waals surface area contributed by atoms with E-state index in [4.69, 9.17) is 9.72 Å². The minimum absolute atomic E-state index is 0.110. The van der Waals surface area contributed by atoms with Crippen LogP contribution in [0.4, 0.5) is 5.82 Å². The molecule has 3 aromatic rings. The summed E-state index contributed by atoms with van der Waals surface area (Å²) < 4.78 is 8.21. The summed E-state index contributed by atoms with van der Waals surface area (Å²) >= 11 is 0. The Bertz CT molecular complexity index is 1210. The number of likely N-dealkylation sites (tertiary alicyclic amines) is 1. The highest BCUT2D eigenvalue weighted by molar-refractivity contribution is 5.94. The first kappa shape index (κ1) is 21.4. The van der Waals surface area contributed by atoms with E-state index >= 15 is 0 Å². The van der Waals surface area contributed by atoms with Crippen LogP contribution < -0.4 is 15.0 Å². The number of amides is 1. The van der Waals surface area contributed by atoms with Gasteiger partial charge in [-0.1, -0.05) is 13.8 Å². The number of aromatic nitrogens is 3. The van der Waals surface area contributed by atoms with Gasteiger partial charge in [-0.3, -0.25) is 4.79 Å². The van der Waals surface area contributed by atoms with Crippen LogP contribution in [0.1, 0.15) is 41.9 Å². The van der Waals surface area contributed by atoms with Gasteiger partial charge in [0.05, 0.1) is 25.0 Å². The van der Waals surface area contributed by atoms with Gasteiger partial charge in [0.2, 0.25) is 0 Å². The summed E-state index contributed by atoms with van der Waals surface area (Å²) in [5, 5.41) is 8.03. The van der Waals surface area contributed by atoms with E-state index in [0.29, 0.717) is 0 Å². The molecule has 5 heterocycles. The van der Waals surface area contributed by atoms with Gasteiger partial charge in [-0.25, -0.2) is 4.98 Å². The Kier molecular flexibility index (Phi) is 5.21. The second-order valence-corrected chi connectivity index (χ2v) is 10.5. The number of hydrogen-bond donors (Lipinski definition) is 1. The maximum atomic E-state index is 12.8. The van der Waals surface area contributed by atoms with Crippen LogP contribution in [0, 0.1) is 5.41 Å². The Morgan fingerprint density at radius 2 is 1.91 bits per heavy atom. The molecule has 2 saturated heterocycles. The van der Waals surface area contributed by atoms with E-state index < -0.39 is 0 Å². The van der Waals surface area contributed by atoms with Gasteiger partial charge in [0.15, 0.2) is 5.65 Å². The van der Waals surface area contributed by atoms with E-state index in [9.17, 15) is 4.79 Å². The second-order valence-electron chi connectivity index (χ2n) is 10.5. The fourth-order valence-corrected chi connectivity index (χ4v) is 5.36. The van der Waals surface area contributed by atoms with Crippen LogP contribution in [0.2, 0.25) is 0 Å². The standard InChI is InChI=1S/C26H32N6O2/c1-26(2)10-14-30(17-26)25(33)18-3-5-19(6-4-18)34-20-15-31(16-20)24-21-7-11-27-12-8-22(21)29-23-9-13-28-32(23)24/h3-6,9,13,20,27H,7-8,10-12,14-17H2,1-2H3. The van der Waals surface area contributed by atoms with E-state index in [2.05, 4.69) is 29.2 Å². The van der Waals surface area contributed by atoms with Crippen molar-refractivity contribution in [2.24, 2.45) is 5.41 Å². The maximum absolute atomic E-state index is 12.8. The minimum atomic E-state index is 0.110. The van der Waals surface area contributed by atoms with Crippen LogP contribution in [0.3, 0.4) is 0 Å². The first-order valence-electron chi connectivity index (χ1n) is 12.3. The normalized spacial score (nSPS) is 20.2. The zero-order valence-corrected chi connectivity index (χ0v) is 20.0. The summed E-state index contributed by atoms with van der Waals surface area (Å²) in [5.41, 5.74) is 4.32. The molecule has 1 N–H and O–H groups in total. The van der Waals surface area contributed by atoms with Crippen LogP contribution in [0.15, 0.2) is 36.5 Å². The topological polar surface area (TPSA) is 75.0 Å². The molecule has 0 unspecified atom stereocenters. The molecule has 0 atom stereocenters. The number of rotatable bonds is 4. The largest absolute Gasteiger partial charge is 0.487 e. The molecule has 0 bridgehead atoms. The minimum Gasteiger partial charge on any atom is -0.487 e. The molecule has 1 aromatic carbocycles. The van der Waals surface area contributed by atoms with Crippen molar-refractivity contribution in [1.29, 1.82) is 0 Å². The molecule has 0 aliphatic carbocycles. The SMILES string of the molecule is CC1(C)CCN(C(=O)c2ccc(OC3CN(c4c5c(nc6ccnn46)CCNCC5)C3)cc2)C1. The van der Waals surface area contributed by atoms with Crippen molar-refractivity contribution in [3.63, 3.8) is 0 Å². The first-order valence-corrected chi connectivity index (χ1v) is 12.3. The molecule has 0 saturated carbocycles. The van der Waals surface area contributed by atoms with Crippen molar-refractivity contribution < 1.29 is 9.53 Å². The highest BCUT2D eigenvalue weighted by Crippen LogP contribution is 2.32. The Morgan fingerprint density at radius 1 is 1.12 bits per heavy atom. The third-order valence-corrected chi connectivity index (χ3v) is 7.30. The van der Waals surface area contributed by atoms with Crippen molar-refractivity contribution in [2.45, 2.75) is 39.2 Å². The van der Waals surface area contributed by atoms with Gasteiger partial charge in [0, 0.05) is 43.2 Å². The quantitative estimate of drug-likeness (QED) is 0.645. The second kappa shape index (κ2) is 8.27. The molecular formula is C26H32N6O2. The average molecular weight is 461 g/mol. The molecule has 0 spiro atoms. The lowest BCUT2D eigenvalue weighted by molar-refractivity contribution is 0.0778. The molecule has 8 heteroatoms. The molecule has 2 aromatic heterocycles. The van der Waals surface area contributed by atoms with Gasteiger partial charge in [-0.2, -0.15) is 9.61 Å². The molecule has 3 aliphatic rings. The predicted octanol–water partition coefficient (Wildman–Crippen LogP) is 2.56. The number of ether oxygens (including phenoxy) is 1. The highest BCUT2D eigenvalue weighted by Gasteiger charge is 2.34. The van der Waals surface area contributed by atoms with Crippen LogP contribution in [-0.4, -0.2) is 70.8 Å². The molecule has 1 amide bonds. The molecular weight excluding hydrogens is 428 g/mol. The zero-order valence-electron chi connectivity index (χ0n) is 20.0. The lowest BCUT2D eigenvalue weighted by Gasteiger charge is -2.41. The molecule has 6 rings (SSSR count). The number of nitrogens with one attached hydrogen (secondary N) is 1. The molecule has 8 nitrogen and oxygen atoms in total. The number of carbonyl (C=O) groups is 1. The Morgan fingerprint density at radius 3 is 2.68 bits per heavy atom. The smallest absolute Gasteiger partial charge is 0.253 e. The summed E-state index contributed by atoms with van der Waals surface area (Å²) in [6.07, 6.45) is 4.89. The van der Waals surface area contributed by atoms with E-state index in [1.807, 2.05) is 45.9 Å². The van der Waals surface area contributed by atoms with Gasteiger partial charge in [0.1, 0.15) is 17.7 Å². The summed E-state index contributed by atoms with van der Waals surface area (Å²) in [7, 11) is 0. The molecule has 0 radical (unpaired) electrons. The average Bonchev–Trinajstić information content (AvgIpc) is 3.33. The maximum Gasteiger partial charge on any atom is 0.253 e. The number of anilines is 1. The van der Waals surface area contributed by atoms with E-state index in [1.54, 1.807) is 0 Å². The number of carbonyl (C=O) groups excluding carboxylic acids is 1. The van der Waals surface area contributed by atoms with Crippen molar-refractivity contribution in [2.75, 3.05) is 44.2 Å². The fourth-order valence-electron chi connectivity index (χ4n) is 5.36. The van der Waals surface area contributed by atoms with Gasteiger partial charge >= 0.3 is 0 Å².